The number of benzene rings is 2. The first-order valence-electron chi connectivity index (χ1n) is 6.14. The molecule has 2 aromatic carbocycles. The van der Waals surface area contributed by atoms with Gasteiger partial charge in [-0.3, -0.25) is 4.79 Å². The van der Waals surface area contributed by atoms with Crippen molar-refractivity contribution in [3.05, 3.63) is 53.8 Å². The van der Waals surface area contributed by atoms with E-state index in [-0.39, 0.29) is 11.7 Å². The van der Waals surface area contributed by atoms with Crippen molar-refractivity contribution in [3.8, 4) is 0 Å². The van der Waals surface area contributed by atoms with E-state index in [1.54, 1.807) is 49.3 Å². The summed E-state index contributed by atoms with van der Waals surface area (Å²) in [4.78, 5) is 13.4. The van der Waals surface area contributed by atoms with Gasteiger partial charge in [0.05, 0.1) is 11.4 Å². The second-order valence-corrected chi connectivity index (χ2v) is 4.39. The topological polar surface area (TPSA) is 58.4 Å². The number of nitrogens with one attached hydrogen (secondary N) is 1. The summed E-state index contributed by atoms with van der Waals surface area (Å²) in [5, 5.41) is 2.56. The third kappa shape index (κ3) is 2.71. The van der Waals surface area contributed by atoms with Crippen molar-refractivity contribution in [1.82, 2.24) is 5.32 Å². The molecule has 0 aliphatic heterocycles. The van der Waals surface area contributed by atoms with Crippen LogP contribution in [0.15, 0.2) is 42.5 Å². The summed E-state index contributed by atoms with van der Waals surface area (Å²) in [6, 6.07) is 11.2. The number of hydrogen-bond donors (Lipinski definition) is 2. The van der Waals surface area contributed by atoms with Crippen molar-refractivity contribution in [2.45, 2.75) is 0 Å². The van der Waals surface area contributed by atoms with E-state index in [2.05, 4.69) is 5.32 Å². The van der Waals surface area contributed by atoms with Crippen LogP contribution in [0.1, 0.15) is 10.4 Å². The fourth-order valence-electron chi connectivity index (χ4n) is 1.94. The van der Waals surface area contributed by atoms with E-state index in [4.69, 9.17) is 5.73 Å². The molecule has 4 nitrogen and oxygen atoms in total. The number of nitrogens with two attached hydrogens (primary N) is 1. The van der Waals surface area contributed by atoms with Gasteiger partial charge in [0.2, 0.25) is 0 Å². The number of nitrogens with zero attached hydrogens (tertiary/aromatic N) is 1. The van der Waals surface area contributed by atoms with Gasteiger partial charge in [-0.25, -0.2) is 4.39 Å². The molecule has 0 radical (unpaired) electrons. The quantitative estimate of drug-likeness (QED) is 0.845. The average Bonchev–Trinajstić information content (AvgIpc) is 2.46. The van der Waals surface area contributed by atoms with Crippen molar-refractivity contribution in [3.63, 3.8) is 0 Å². The summed E-state index contributed by atoms with van der Waals surface area (Å²) in [7, 11) is 3.34. The van der Waals surface area contributed by atoms with Crippen molar-refractivity contribution in [2.75, 3.05) is 24.7 Å². The first-order valence-corrected chi connectivity index (χ1v) is 6.14. The van der Waals surface area contributed by atoms with Crippen molar-refractivity contribution >= 4 is 23.0 Å². The molecule has 0 aliphatic rings. The number of anilines is 3. The number of hydrogen-bond acceptors (Lipinski definition) is 3. The van der Waals surface area contributed by atoms with E-state index in [1.807, 2.05) is 0 Å². The summed E-state index contributed by atoms with van der Waals surface area (Å²) in [5.74, 6) is -0.519. The Kier molecular flexibility index (Phi) is 3.89. The van der Waals surface area contributed by atoms with E-state index in [0.29, 0.717) is 22.6 Å². The molecule has 0 aliphatic carbocycles. The van der Waals surface area contributed by atoms with Gasteiger partial charge in [0.25, 0.3) is 5.91 Å². The molecule has 0 bridgehead atoms. The van der Waals surface area contributed by atoms with Gasteiger partial charge in [0, 0.05) is 25.3 Å². The molecule has 104 valence electrons. The second-order valence-electron chi connectivity index (χ2n) is 4.39. The van der Waals surface area contributed by atoms with Crippen LogP contribution in [0.25, 0.3) is 0 Å². The molecule has 0 saturated carbocycles. The Balaban J connectivity index is 2.43. The van der Waals surface area contributed by atoms with Crippen LogP contribution in [-0.4, -0.2) is 20.0 Å². The van der Waals surface area contributed by atoms with Gasteiger partial charge in [-0.05, 0) is 36.4 Å². The third-order valence-corrected chi connectivity index (χ3v) is 3.08. The first-order chi connectivity index (χ1) is 9.52. The van der Waals surface area contributed by atoms with Crippen molar-refractivity contribution < 1.29 is 9.18 Å². The Morgan fingerprint density at radius 2 is 2.00 bits per heavy atom. The standard InChI is InChI=1S/C15H16FN3O/c1-18-15(20)10-6-7-13(17)14(8-10)19(2)12-5-3-4-11(16)9-12/h3-9H,17H2,1-2H3,(H,18,20). The predicted molar refractivity (Wildman–Crippen MR) is 78.7 cm³/mol. The molecular formula is C15H16FN3O. The van der Waals surface area contributed by atoms with Crippen LogP contribution in [0.3, 0.4) is 0 Å². The van der Waals surface area contributed by atoms with E-state index in [0.717, 1.165) is 0 Å². The Morgan fingerprint density at radius 1 is 1.25 bits per heavy atom. The van der Waals surface area contributed by atoms with Gasteiger partial charge in [-0.15, -0.1) is 0 Å². The number of carbonyl (C=O) groups is 1. The maximum atomic E-state index is 13.3. The lowest BCUT2D eigenvalue weighted by molar-refractivity contribution is 0.0963. The molecule has 0 unspecified atom stereocenters. The van der Waals surface area contributed by atoms with E-state index < -0.39 is 0 Å². The fraction of sp³-hybridized carbons (Fsp3) is 0.133. The lowest BCUT2D eigenvalue weighted by atomic mass is 10.1. The fourth-order valence-corrected chi connectivity index (χ4v) is 1.94. The van der Waals surface area contributed by atoms with Gasteiger partial charge in [-0.2, -0.15) is 0 Å². The lowest BCUT2D eigenvalue weighted by Gasteiger charge is -2.22. The van der Waals surface area contributed by atoms with Crippen molar-refractivity contribution in [1.29, 1.82) is 0 Å². The van der Waals surface area contributed by atoms with Crippen LogP contribution in [0.4, 0.5) is 21.5 Å². The molecule has 0 saturated heterocycles. The minimum Gasteiger partial charge on any atom is -0.397 e. The molecule has 1 amide bonds. The summed E-state index contributed by atoms with van der Waals surface area (Å²) < 4.78 is 13.3. The Bertz CT molecular complexity index is 643. The van der Waals surface area contributed by atoms with Crippen LogP contribution in [0, 0.1) is 5.82 Å². The van der Waals surface area contributed by atoms with E-state index >= 15 is 0 Å². The molecule has 2 aromatic rings. The third-order valence-electron chi connectivity index (χ3n) is 3.08. The largest absolute Gasteiger partial charge is 0.397 e. The van der Waals surface area contributed by atoms with Crippen LogP contribution in [-0.2, 0) is 0 Å². The Hall–Kier alpha value is -2.56. The summed E-state index contributed by atoms with van der Waals surface area (Å²) >= 11 is 0. The zero-order valence-corrected chi connectivity index (χ0v) is 11.4. The Morgan fingerprint density at radius 3 is 2.65 bits per heavy atom. The minimum atomic E-state index is -0.324. The van der Waals surface area contributed by atoms with Crippen LogP contribution in [0.2, 0.25) is 0 Å². The number of amides is 1. The summed E-state index contributed by atoms with van der Waals surface area (Å²) in [6.45, 7) is 0. The molecule has 2 rings (SSSR count). The zero-order valence-electron chi connectivity index (χ0n) is 11.4. The monoisotopic (exact) mass is 273 g/mol. The van der Waals surface area contributed by atoms with Gasteiger partial charge < -0.3 is 16.0 Å². The zero-order chi connectivity index (χ0) is 14.7. The minimum absolute atomic E-state index is 0.195. The van der Waals surface area contributed by atoms with Gasteiger partial charge in [-0.1, -0.05) is 6.07 Å². The van der Waals surface area contributed by atoms with E-state index in [9.17, 15) is 9.18 Å². The van der Waals surface area contributed by atoms with Gasteiger partial charge in [0.15, 0.2) is 0 Å². The van der Waals surface area contributed by atoms with E-state index in [1.165, 1.54) is 12.1 Å². The normalized spacial score (nSPS) is 10.2. The van der Waals surface area contributed by atoms with Crippen molar-refractivity contribution in [2.24, 2.45) is 0 Å². The molecule has 0 atom stereocenters. The number of carbonyl (C=O) groups excluding carboxylic acids is 1. The highest BCUT2D eigenvalue weighted by atomic mass is 19.1. The van der Waals surface area contributed by atoms with Crippen LogP contribution < -0.4 is 16.0 Å². The second kappa shape index (κ2) is 5.61. The van der Waals surface area contributed by atoms with Gasteiger partial charge in [0.1, 0.15) is 5.82 Å². The molecule has 0 aromatic heterocycles. The maximum Gasteiger partial charge on any atom is 0.251 e. The first kappa shape index (κ1) is 13.9. The lowest BCUT2D eigenvalue weighted by Crippen LogP contribution is -2.19. The highest BCUT2D eigenvalue weighted by Crippen LogP contribution is 2.30. The molecule has 20 heavy (non-hydrogen) atoms. The van der Waals surface area contributed by atoms with Crippen LogP contribution in [0.5, 0.6) is 0 Å². The SMILES string of the molecule is CNC(=O)c1ccc(N)c(N(C)c2cccc(F)c2)c1. The maximum absolute atomic E-state index is 13.3. The molecule has 0 fully saturated rings. The number of rotatable bonds is 3. The highest BCUT2D eigenvalue weighted by Gasteiger charge is 2.12. The smallest absolute Gasteiger partial charge is 0.251 e. The molecule has 5 heteroatoms. The van der Waals surface area contributed by atoms with Crippen LogP contribution >= 0.6 is 0 Å². The highest BCUT2D eigenvalue weighted by molar-refractivity contribution is 5.96. The molecule has 0 spiro atoms. The van der Waals surface area contributed by atoms with Gasteiger partial charge >= 0.3 is 0 Å². The molecular weight excluding hydrogens is 257 g/mol. The number of nitrogen functional groups attached to an aromatic ring is 1. The predicted octanol–water partition coefficient (Wildman–Crippen LogP) is 2.54. The Labute approximate surface area is 117 Å². The molecule has 0 heterocycles. The average molecular weight is 273 g/mol. The molecule has 3 N–H and O–H groups in total. The summed E-state index contributed by atoms with van der Waals surface area (Å²) in [5.41, 5.74) is 8.27. The number of halogens is 1. The summed E-state index contributed by atoms with van der Waals surface area (Å²) in [6.07, 6.45) is 0.